The van der Waals surface area contributed by atoms with E-state index in [9.17, 15) is 14.4 Å². The van der Waals surface area contributed by atoms with Crippen LogP contribution >= 0.6 is 0 Å². The summed E-state index contributed by atoms with van der Waals surface area (Å²) in [4.78, 5) is 36.6. The second-order valence-electron chi connectivity index (χ2n) is 7.46. The normalized spacial score (nSPS) is 11.0. The Labute approximate surface area is 179 Å². The molecule has 0 aliphatic rings. The lowest BCUT2D eigenvalue weighted by atomic mass is 10.1. The van der Waals surface area contributed by atoms with Gasteiger partial charge in [0.05, 0.1) is 11.7 Å². The summed E-state index contributed by atoms with van der Waals surface area (Å²) in [6.07, 6.45) is 0.493. The number of aromatic nitrogens is 2. The second-order valence-corrected chi connectivity index (χ2v) is 7.46. The van der Waals surface area contributed by atoms with Crippen molar-refractivity contribution < 1.29 is 18.7 Å². The van der Waals surface area contributed by atoms with Crippen molar-refractivity contribution in [3.8, 4) is 5.75 Å². The minimum atomic E-state index is -0.614. The van der Waals surface area contributed by atoms with Gasteiger partial charge in [-0.2, -0.15) is 5.10 Å². The zero-order valence-electron chi connectivity index (χ0n) is 18.0. The molecule has 9 heteroatoms. The smallest absolute Gasteiger partial charge is 0.337 e. The van der Waals surface area contributed by atoms with Crippen molar-refractivity contribution >= 4 is 22.8 Å². The van der Waals surface area contributed by atoms with Gasteiger partial charge < -0.3 is 19.8 Å². The molecule has 0 spiro atoms. The van der Waals surface area contributed by atoms with Crippen LogP contribution < -0.4 is 21.0 Å². The highest BCUT2D eigenvalue weighted by Gasteiger charge is 2.14. The molecule has 2 N–H and O–H groups in total. The number of carbonyl (C=O) groups is 2. The number of nitrogens with zero attached hydrogens (tertiary/aromatic N) is 2. The Hall–Kier alpha value is -3.62. The Kier molecular flexibility index (Phi) is 6.74. The van der Waals surface area contributed by atoms with Crippen molar-refractivity contribution in [3.05, 3.63) is 57.7 Å². The molecule has 0 aliphatic heterocycles. The van der Waals surface area contributed by atoms with Crippen molar-refractivity contribution in [2.24, 2.45) is 7.05 Å². The van der Waals surface area contributed by atoms with Crippen molar-refractivity contribution in [3.63, 3.8) is 0 Å². The van der Waals surface area contributed by atoms with Gasteiger partial charge in [-0.3, -0.25) is 14.3 Å². The van der Waals surface area contributed by atoms with Crippen LogP contribution in [0, 0.1) is 6.92 Å². The summed E-state index contributed by atoms with van der Waals surface area (Å²) in [5.74, 6) is -0.0923. The van der Waals surface area contributed by atoms with Crippen LogP contribution in [-0.4, -0.2) is 40.8 Å². The molecule has 0 unspecified atom stereocenters. The van der Waals surface area contributed by atoms with E-state index in [0.29, 0.717) is 36.3 Å². The Balaban J connectivity index is 1.57. The van der Waals surface area contributed by atoms with Crippen LogP contribution in [0.1, 0.15) is 46.8 Å². The number of aryl methyl sites for hydroxylation is 2. The molecule has 0 saturated carbocycles. The fourth-order valence-electron chi connectivity index (χ4n) is 3.03. The van der Waals surface area contributed by atoms with E-state index >= 15 is 0 Å². The lowest BCUT2D eigenvalue weighted by Crippen LogP contribution is -2.30. The van der Waals surface area contributed by atoms with Gasteiger partial charge in [-0.25, -0.2) is 4.79 Å². The first-order chi connectivity index (χ1) is 14.7. The summed E-state index contributed by atoms with van der Waals surface area (Å²) in [5.41, 5.74) is 1.15. The molecule has 0 fully saturated rings. The minimum Gasteiger partial charge on any atom is -0.491 e. The largest absolute Gasteiger partial charge is 0.491 e. The number of amides is 2. The first kappa shape index (κ1) is 22.1. The summed E-state index contributed by atoms with van der Waals surface area (Å²) in [7, 11) is 1.77. The topological polar surface area (TPSA) is 115 Å². The molecule has 2 amide bonds. The Bertz CT molecular complexity index is 1140. The van der Waals surface area contributed by atoms with Crippen LogP contribution in [0.2, 0.25) is 0 Å². The highest BCUT2D eigenvalue weighted by Crippen LogP contribution is 2.23. The van der Waals surface area contributed by atoms with Gasteiger partial charge in [-0.1, -0.05) is 0 Å². The molecule has 0 bridgehead atoms. The molecule has 164 valence electrons. The van der Waals surface area contributed by atoms with Gasteiger partial charge in [0.25, 0.3) is 11.8 Å². The summed E-state index contributed by atoms with van der Waals surface area (Å²) in [5, 5.41) is 10.2. The number of nitrogens with one attached hydrogen (secondary N) is 2. The highest BCUT2D eigenvalue weighted by atomic mass is 16.5. The van der Waals surface area contributed by atoms with E-state index in [2.05, 4.69) is 15.7 Å². The van der Waals surface area contributed by atoms with Crippen molar-refractivity contribution in [1.29, 1.82) is 0 Å². The van der Waals surface area contributed by atoms with E-state index in [1.165, 1.54) is 6.07 Å². The molecule has 0 atom stereocenters. The molecular formula is C22H26N4O5. The van der Waals surface area contributed by atoms with E-state index in [1.54, 1.807) is 36.0 Å². The van der Waals surface area contributed by atoms with Crippen molar-refractivity contribution in [2.75, 3.05) is 13.1 Å². The van der Waals surface area contributed by atoms with Gasteiger partial charge in [-0.05, 0) is 45.4 Å². The Morgan fingerprint density at radius 3 is 2.48 bits per heavy atom. The summed E-state index contributed by atoms with van der Waals surface area (Å²) >= 11 is 0. The van der Waals surface area contributed by atoms with Crippen LogP contribution in [-0.2, 0) is 7.05 Å². The SMILES string of the molecule is Cc1cc(C(=O)NCCCNC(=O)c2cc(=O)oc3cc(OC(C)C)ccc23)nn1C. The highest BCUT2D eigenvalue weighted by molar-refractivity contribution is 6.05. The fraction of sp³-hybridized carbons (Fsp3) is 0.364. The lowest BCUT2D eigenvalue weighted by Gasteiger charge is -2.11. The van der Waals surface area contributed by atoms with Gasteiger partial charge in [0.1, 0.15) is 17.0 Å². The van der Waals surface area contributed by atoms with Gasteiger partial charge in [-0.15, -0.1) is 0 Å². The maximum absolute atomic E-state index is 12.6. The zero-order valence-corrected chi connectivity index (χ0v) is 18.0. The summed E-state index contributed by atoms with van der Waals surface area (Å²) in [6.45, 7) is 6.36. The fourth-order valence-corrected chi connectivity index (χ4v) is 3.03. The Morgan fingerprint density at radius 2 is 1.84 bits per heavy atom. The molecule has 1 aromatic carbocycles. The van der Waals surface area contributed by atoms with Crippen LogP contribution in [0.4, 0.5) is 0 Å². The third-order valence-electron chi connectivity index (χ3n) is 4.60. The molecule has 2 heterocycles. The number of carbonyl (C=O) groups excluding carboxylic acids is 2. The van der Waals surface area contributed by atoms with Crippen LogP contribution in [0.25, 0.3) is 11.0 Å². The van der Waals surface area contributed by atoms with Crippen LogP contribution in [0.3, 0.4) is 0 Å². The van der Waals surface area contributed by atoms with E-state index in [-0.39, 0.29) is 29.1 Å². The summed E-state index contributed by atoms with van der Waals surface area (Å²) < 4.78 is 12.5. The monoisotopic (exact) mass is 426 g/mol. The average Bonchev–Trinajstić information content (AvgIpc) is 3.04. The average molecular weight is 426 g/mol. The molecule has 0 aliphatic carbocycles. The number of fused-ring (bicyclic) bond motifs is 1. The zero-order chi connectivity index (χ0) is 22.5. The van der Waals surface area contributed by atoms with E-state index in [4.69, 9.17) is 9.15 Å². The second kappa shape index (κ2) is 9.46. The number of rotatable bonds is 8. The number of hydrogen-bond donors (Lipinski definition) is 2. The van der Waals surface area contributed by atoms with Crippen molar-refractivity contribution in [2.45, 2.75) is 33.3 Å². The number of ether oxygens (including phenoxy) is 1. The van der Waals surface area contributed by atoms with Gasteiger partial charge >= 0.3 is 5.63 Å². The Morgan fingerprint density at radius 1 is 1.13 bits per heavy atom. The summed E-state index contributed by atoms with van der Waals surface area (Å²) in [6, 6.07) is 7.91. The van der Waals surface area contributed by atoms with E-state index < -0.39 is 5.63 Å². The molecule has 31 heavy (non-hydrogen) atoms. The maximum atomic E-state index is 12.6. The number of hydrogen-bond acceptors (Lipinski definition) is 6. The predicted octanol–water partition coefficient (Wildman–Crippen LogP) is 2.17. The number of benzene rings is 1. The third-order valence-corrected chi connectivity index (χ3v) is 4.60. The quantitative estimate of drug-likeness (QED) is 0.421. The molecule has 3 rings (SSSR count). The molecule has 0 saturated heterocycles. The molecular weight excluding hydrogens is 400 g/mol. The van der Waals surface area contributed by atoms with Gasteiger partial charge in [0.2, 0.25) is 0 Å². The lowest BCUT2D eigenvalue weighted by molar-refractivity contribution is 0.0947. The van der Waals surface area contributed by atoms with Crippen molar-refractivity contribution in [1.82, 2.24) is 20.4 Å². The van der Waals surface area contributed by atoms with Crippen LogP contribution in [0.15, 0.2) is 39.5 Å². The molecule has 0 radical (unpaired) electrons. The third kappa shape index (κ3) is 5.50. The standard InChI is InChI=1S/C22H26N4O5/c1-13(2)30-15-6-7-16-17(12-20(27)31-19(16)11-15)21(28)23-8-5-9-24-22(29)18-10-14(3)26(4)25-18/h6-7,10-13H,5,8-9H2,1-4H3,(H,23,28)(H,24,29). The van der Waals surface area contributed by atoms with Crippen LogP contribution in [0.5, 0.6) is 5.75 Å². The van der Waals surface area contributed by atoms with Gasteiger partial charge in [0, 0.05) is 43.4 Å². The molecule has 3 aromatic rings. The predicted molar refractivity (Wildman–Crippen MR) is 115 cm³/mol. The minimum absolute atomic E-state index is 0.0298. The van der Waals surface area contributed by atoms with Gasteiger partial charge in [0.15, 0.2) is 0 Å². The first-order valence-corrected chi connectivity index (χ1v) is 10.1. The molecule has 2 aromatic heterocycles. The molecule has 9 nitrogen and oxygen atoms in total. The maximum Gasteiger partial charge on any atom is 0.337 e. The van der Waals surface area contributed by atoms with E-state index in [0.717, 1.165) is 5.69 Å². The first-order valence-electron chi connectivity index (χ1n) is 10.1. The van der Waals surface area contributed by atoms with E-state index in [1.807, 2.05) is 20.8 Å².